The molecule has 2 aromatic carbocycles. The molecular formula is C14H11ClINO. The Morgan fingerprint density at radius 1 is 1.22 bits per heavy atom. The van der Waals surface area contributed by atoms with Crippen LogP contribution in [-0.2, 0) is 0 Å². The van der Waals surface area contributed by atoms with Crippen molar-refractivity contribution in [1.82, 2.24) is 0 Å². The second-order valence-electron chi connectivity index (χ2n) is 3.92. The largest absolute Gasteiger partial charge is 0.321 e. The predicted molar refractivity (Wildman–Crippen MR) is 83.3 cm³/mol. The molecule has 2 nitrogen and oxygen atoms in total. The number of amides is 1. The molecule has 0 bridgehead atoms. The summed E-state index contributed by atoms with van der Waals surface area (Å²) >= 11 is 8.19. The highest BCUT2D eigenvalue weighted by atomic mass is 127. The van der Waals surface area contributed by atoms with Gasteiger partial charge in [0.2, 0.25) is 0 Å². The highest BCUT2D eigenvalue weighted by molar-refractivity contribution is 14.1. The average molecular weight is 372 g/mol. The fourth-order valence-corrected chi connectivity index (χ4v) is 2.58. The third-order valence-corrected chi connectivity index (χ3v) is 3.71. The number of hydrogen-bond acceptors (Lipinski definition) is 1. The van der Waals surface area contributed by atoms with Crippen molar-refractivity contribution in [2.24, 2.45) is 0 Å². The van der Waals surface area contributed by atoms with E-state index in [0.29, 0.717) is 10.6 Å². The number of benzene rings is 2. The van der Waals surface area contributed by atoms with Crippen molar-refractivity contribution in [1.29, 1.82) is 0 Å². The molecule has 0 aliphatic heterocycles. The maximum atomic E-state index is 12.1. The van der Waals surface area contributed by atoms with Gasteiger partial charge in [0.15, 0.2) is 0 Å². The van der Waals surface area contributed by atoms with Gasteiger partial charge in [-0.25, -0.2) is 0 Å². The van der Waals surface area contributed by atoms with Crippen molar-refractivity contribution < 1.29 is 4.79 Å². The molecule has 0 aliphatic rings. The number of hydrogen-bond donors (Lipinski definition) is 1. The maximum absolute atomic E-state index is 12.1. The lowest BCUT2D eigenvalue weighted by molar-refractivity contribution is 0.102. The lowest BCUT2D eigenvalue weighted by Crippen LogP contribution is -2.13. The van der Waals surface area contributed by atoms with Gasteiger partial charge in [-0.3, -0.25) is 4.79 Å². The minimum Gasteiger partial charge on any atom is -0.321 e. The molecule has 1 amide bonds. The first-order valence-electron chi connectivity index (χ1n) is 5.40. The Labute approximate surface area is 124 Å². The SMILES string of the molecule is Cc1ccc(NC(=O)c2ccccc2Cl)c(I)c1. The average Bonchev–Trinajstić information content (AvgIpc) is 2.33. The standard InChI is InChI=1S/C14H11ClINO/c1-9-6-7-13(12(16)8-9)17-14(18)10-4-2-3-5-11(10)15/h2-8H,1H3,(H,17,18). The predicted octanol–water partition coefficient (Wildman–Crippen LogP) is 4.51. The van der Waals surface area contributed by atoms with Gasteiger partial charge >= 0.3 is 0 Å². The molecule has 0 fully saturated rings. The third kappa shape index (κ3) is 3.03. The summed E-state index contributed by atoms with van der Waals surface area (Å²) in [6, 6.07) is 12.9. The zero-order valence-corrected chi connectivity index (χ0v) is 12.6. The summed E-state index contributed by atoms with van der Waals surface area (Å²) in [5, 5.41) is 3.32. The van der Waals surface area contributed by atoms with E-state index in [0.717, 1.165) is 14.8 Å². The number of carbonyl (C=O) groups is 1. The van der Waals surface area contributed by atoms with Crippen LogP contribution in [0.4, 0.5) is 5.69 Å². The van der Waals surface area contributed by atoms with Crippen LogP contribution in [0.5, 0.6) is 0 Å². The first kappa shape index (κ1) is 13.4. The summed E-state index contributed by atoms with van der Waals surface area (Å²) in [6.07, 6.45) is 0. The monoisotopic (exact) mass is 371 g/mol. The van der Waals surface area contributed by atoms with Gasteiger partial charge in [0, 0.05) is 3.57 Å². The smallest absolute Gasteiger partial charge is 0.257 e. The van der Waals surface area contributed by atoms with Crippen molar-refractivity contribution in [2.75, 3.05) is 5.32 Å². The number of carbonyl (C=O) groups excluding carboxylic acids is 1. The van der Waals surface area contributed by atoms with Crippen LogP contribution in [0.1, 0.15) is 15.9 Å². The second kappa shape index (κ2) is 5.71. The molecule has 0 aromatic heterocycles. The van der Waals surface area contributed by atoms with Crippen LogP contribution in [0.2, 0.25) is 5.02 Å². The molecule has 0 saturated heterocycles. The minimum absolute atomic E-state index is 0.192. The summed E-state index contributed by atoms with van der Waals surface area (Å²) < 4.78 is 1.01. The molecule has 2 rings (SSSR count). The first-order valence-corrected chi connectivity index (χ1v) is 6.85. The zero-order valence-electron chi connectivity index (χ0n) is 9.71. The van der Waals surface area contributed by atoms with Gasteiger partial charge in [-0.2, -0.15) is 0 Å². The topological polar surface area (TPSA) is 29.1 Å². The molecule has 0 heterocycles. The molecular weight excluding hydrogens is 361 g/mol. The van der Waals surface area contributed by atoms with Gasteiger partial charge in [-0.1, -0.05) is 29.8 Å². The van der Waals surface area contributed by atoms with E-state index in [2.05, 4.69) is 27.9 Å². The number of anilines is 1. The van der Waals surface area contributed by atoms with E-state index in [-0.39, 0.29) is 5.91 Å². The number of aryl methyl sites for hydroxylation is 1. The van der Waals surface area contributed by atoms with E-state index >= 15 is 0 Å². The summed E-state index contributed by atoms with van der Waals surface area (Å²) in [5.74, 6) is -0.192. The Morgan fingerprint density at radius 2 is 1.94 bits per heavy atom. The minimum atomic E-state index is -0.192. The number of rotatable bonds is 2. The van der Waals surface area contributed by atoms with Gasteiger partial charge < -0.3 is 5.32 Å². The van der Waals surface area contributed by atoms with E-state index in [1.165, 1.54) is 0 Å². The summed E-state index contributed by atoms with van der Waals surface area (Å²) in [7, 11) is 0. The zero-order chi connectivity index (χ0) is 13.1. The van der Waals surface area contributed by atoms with Crippen molar-refractivity contribution in [3.8, 4) is 0 Å². The van der Waals surface area contributed by atoms with Crippen LogP contribution in [0.15, 0.2) is 42.5 Å². The van der Waals surface area contributed by atoms with E-state index in [1.807, 2.05) is 25.1 Å². The van der Waals surface area contributed by atoms with Gasteiger partial charge in [0.25, 0.3) is 5.91 Å². The Balaban J connectivity index is 2.24. The molecule has 92 valence electrons. The van der Waals surface area contributed by atoms with Crippen molar-refractivity contribution in [2.45, 2.75) is 6.92 Å². The molecule has 0 unspecified atom stereocenters. The fourth-order valence-electron chi connectivity index (χ4n) is 1.56. The van der Waals surface area contributed by atoms with Crippen LogP contribution in [0.3, 0.4) is 0 Å². The Hall–Kier alpha value is -1.07. The molecule has 0 atom stereocenters. The van der Waals surface area contributed by atoms with Crippen LogP contribution >= 0.6 is 34.2 Å². The third-order valence-electron chi connectivity index (χ3n) is 2.49. The summed E-state index contributed by atoms with van der Waals surface area (Å²) in [6.45, 7) is 2.02. The Kier molecular flexibility index (Phi) is 4.24. The molecule has 18 heavy (non-hydrogen) atoms. The van der Waals surface area contributed by atoms with Crippen molar-refractivity contribution in [3.63, 3.8) is 0 Å². The van der Waals surface area contributed by atoms with Crippen molar-refractivity contribution in [3.05, 3.63) is 62.2 Å². The summed E-state index contributed by atoms with van der Waals surface area (Å²) in [5.41, 5.74) is 2.44. The molecule has 2 aromatic rings. The second-order valence-corrected chi connectivity index (χ2v) is 5.49. The van der Waals surface area contributed by atoms with Gasteiger partial charge in [-0.05, 0) is 59.3 Å². The normalized spacial score (nSPS) is 10.2. The number of nitrogens with one attached hydrogen (secondary N) is 1. The van der Waals surface area contributed by atoms with E-state index in [9.17, 15) is 4.79 Å². The Morgan fingerprint density at radius 3 is 2.61 bits per heavy atom. The van der Waals surface area contributed by atoms with Gasteiger partial charge in [-0.15, -0.1) is 0 Å². The lowest BCUT2D eigenvalue weighted by atomic mass is 10.2. The van der Waals surface area contributed by atoms with Gasteiger partial charge in [0.05, 0.1) is 16.3 Å². The van der Waals surface area contributed by atoms with E-state index in [1.54, 1.807) is 24.3 Å². The number of halogens is 2. The van der Waals surface area contributed by atoms with Crippen LogP contribution in [0, 0.1) is 10.5 Å². The molecule has 4 heteroatoms. The van der Waals surface area contributed by atoms with Crippen LogP contribution in [-0.4, -0.2) is 5.91 Å². The van der Waals surface area contributed by atoms with E-state index < -0.39 is 0 Å². The van der Waals surface area contributed by atoms with Crippen LogP contribution in [0.25, 0.3) is 0 Å². The fraction of sp³-hybridized carbons (Fsp3) is 0.0714. The molecule has 0 spiro atoms. The lowest BCUT2D eigenvalue weighted by Gasteiger charge is -2.09. The quantitative estimate of drug-likeness (QED) is 0.774. The molecule has 0 saturated carbocycles. The van der Waals surface area contributed by atoms with E-state index in [4.69, 9.17) is 11.6 Å². The van der Waals surface area contributed by atoms with Crippen LogP contribution < -0.4 is 5.32 Å². The molecule has 0 aliphatic carbocycles. The molecule has 1 N–H and O–H groups in total. The van der Waals surface area contributed by atoms with Crippen molar-refractivity contribution >= 4 is 45.8 Å². The first-order chi connectivity index (χ1) is 8.58. The highest BCUT2D eigenvalue weighted by Gasteiger charge is 2.11. The highest BCUT2D eigenvalue weighted by Crippen LogP contribution is 2.22. The summed E-state index contributed by atoms with van der Waals surface area (Å²) in [4.78, 5) is 12.1. The maximum Gasteiger partial charge on any atom is 0.257 e. The molecule has 0 radical (unpaired) electrons. The van der Waals surface area contributed by atoms with Gasteiger partial charge in [0.1, 0.15) is 0 Å². The Bertz CT molecular complexity index is 598.